The van der Waals surface area contributed by atoms with Crippen molar-refractivity contribution in [2.24, 2.45) is 0 Å². The molecule has 3 heterocycles. The Kier molecular flexibility index (Phi) is 4.47. The molecular formula is C18H17N3O3S. The van der Waals surface area contributed by atoms with Crippen LogP contribution in [0.5, 0.6) is 5.75 Å². The average Bonchev–Trinajstić information content (AvgIpc) is 3.32. The minimum Gasteiger partial charge on any atom is -0.493 e. The number of aryl methyl sites for hydroxylation is 1. The predicted molar refractivity (Wildman–Crippen MR) is 93.4 cm³/mol. The first-order chi connectivity index (χ1) is 12.3. The summed E-state index contributed by atoms with van der Waals surface area (Å²) in [6.45, 7) is 0.607. The first-order valence-corrected chi connectivity index (χ1v) is 9.10. The van der Waals surface area contributed by atoms with E-state index >= 15 is 0 Å². The largest absolute Gasteiger partial charge is 0.493 e. The quantitative estimate of drug-likeness (QED) is 0.759. The predicted octanol–water partition coefficient (Wildman–Crippen LogP) is 3.37. The molecule has 7 heteroatoms. The molecule has 0 aliphatic carbocycles. The number of carbonyl (C=O) groups excluding carboxylic acids is 1. The molecule has 1 N–H and O–H groups in total. The first kappa shape index (κ1) is 15.8. The number of aromatic nitrogens is 2. The number of hydrogen-bond donors (Lipinski definition) is 1. The topological polar surface area (TPSA) is 77.2 Å². The molecule has 0 fully saturated rings. The van der Waals surface area contributed by atoms with Crippen molar-refractivity contribution in [2.75, 3.05) is 6.61 Å². The van der Waals surface area contributed by atoms with Gasteiger partial charge in [-0.1, -0.05) is 23.4 Å². The molecule has 0 spiro atoms. The number of rotatable bonds is 5. The fourth-order valence-corrected chi connectivity index (χ4v) is 3.48. The van der Waals surface area contributed by atoms with Gasteiger partial charge in [-0.2, -0.15) is 16.3 Å². The second kappa shape index (κ2) is 7.06. The number of para-hydroxylation sites is 1. The van der Waals surface area contributed by atoms with Crippen LogP contribution in [0, 0.1) is 0 Å². The maximum absolute atomic E-state index is 12.3. The van der Waals surface area contributed by atoms with Gasteiger partial charge in [0.1, 0.15) is 5.75 Å². The summed E-state index contributed by atoms with van der Waals surface area (Å²) in [5.41, 5.74) is 1.96. The van der Waals surface area contributed by atoms with Crippen LogP contribution in [-0.2, 0) is 11.2 Å². The summed E-state index contributed by atoms with van der Waals surface area (Å²) in [7, 11) is 0. The summed E-state index contributed by atoms with van der Waals surface area (Å²) in [6, 6.07) is 9.74. The van der Waals surface area contributed by atoms with Gasteiger partial charge in [-0.25, -0.2) is 0 Å². The normalized spacial score (nSPS) is 16.1. The summed E-state index contributed by atoms with van der Waals surface area (Å²) in [5.74, 6) is 1.85. The number of nitrogens with one attached hydrogen (secondary N) is 1. The monoisotopic (exact) mass is 355 g/mol. The average molecular weight is 355 g/mol. The molecule has 6 nitrogen and oxygen atoms in total. The number of fused-ring (bicyclic) bond motifs is 1. The standard InChI is InChI=1S/C18H17N3O3S/c22-16(19-14-7-9-23-15-4-2-1-3-13(14)15)5-6-17-20-18(21-24-17)12-8-10-25-11-12/h1-4,8,10-11,14H,5-7,9H2,(H,19,22). The number of hydrogen-bond acceptors (Lipinski definition) is 6. The van der Waals surface area contributed by atoms with Crippen molar-refractivity contribution in [3.63, 3.8) is 0 Å². The van der Waals surface area contributed by atoms with Crippen molar-refractivity contribution in [3.05, 3.63) is 52.5 Å². The van der Waals surface area contributed by atoms with Crippen LogP contribution >= 0.6 is 11.3 Å². The zero-order chi connectivity index (χ0) is 17.1. The summed E-state index contributed by atoms with van der Waals surface area (Å²) < 4.78 is 10.8. The van der Waals surface area contributed by atoms with Crippen LogP contribution in [0.25, 0.3) is 11.4 Å². The van der Waals surface area contributed by atoms with Gasteiger partial charge in [-0.05, 0) is 17.5 Å². The molecule has 1 amide bonds. The van der Waals surface area contributed by atoms with Crippen molar-refractivity contribution in [1.82, 2.24) is 15.5 Å². The number of ether oxygens (including phenoxy) is 1. The summed E-state index contributed by atoms with van der Waals surface area (Å²) in [5, 5.41) is 11.0. The van der Waals surface area contributed by atoms with Crippen molar-refractivity contribution >= 4 is 17.2 Å². The van der Waals surface area contributed by atoms with E-state index in [2.05, 4.69) is 15.5 Å². The highest BCUT2D eigenvalue weighted by atomic mass is 32.1. The van der Waals surface area contributed by atoms with Crippen LogP contribution in [0.3, 0.4) is 0 Å². The third-order valence-corrected chi connectivity index (χ3v) is 4.79. The van der Waals surface area contributed by atoms with E-state index < -0.39 is 0 Å². The lowest BCUT2D eigenvalue weighted by Gasteiger charge is -2.26. The molecule has 1 unspecified atom stereocenters. The Balaban J connectivity index is 1.34. The van der Waals surface area contributed by atoms with E-state index in [1.54, 1.807) is 11.3 Å². The number of carbonyl (C=O) groups is 1. The Bertz CT molecular complexity index is 860. The molecule has 1 atom stereocenters. The van der Waals surface area contributed by atoms with E-state index in [0.717, 1.165) is 23.3 Å². The zero-order valence-corrected chi connectivity index (χ0v) is 14.3. The fourth-order valence-electron chi connectivity index (χ4n) is 2.84. The smallest absolute Gasteiger partial charge is 0.227 e. The van der Waals surface area contributed by atoms with Gasteiger partial charge in [0.15, 0.2) is 0 Å². The highest BCUT2D eigenvalue weighted by Gasteiger charge is 2.22. The molecule has 3 aromatic rings. The third-order valence-electron chi connectivity index (χ3n) is 4.11. The van der Waals surface area contributed by atoms with E-state index in [1.165, 1.54) is 0 Å². The molecule has 25 heavy (non-hydrogen) atoms. The Hall–Kier alpha value is -2.67. The maximum atomic E-state index is 12.3. The van der Waals surface area contributed by atoms with Crippen molar-refractivity contribution in [1.29, 1.82) is 0 Å². The lowest BCUT2D eigenvalue weighted by Crippen LogP contribution is -2.32. The maximum Gasteiger partial charge on any atom is 0.227 e. The van der Waals surface area contributed by atoms with Gasteiger partial charge in [-0.15, -0.1) is 0 Å². The fraction of sp³-hybridized carbons (Fsp3) is 0.278. The Morgan fingerprint density at radius 3 is 3.12 bits per heavy atom. The highest BCUT2D eigenvalue weighted by molar-refractivity contribution is 7.08. The molecule has 2 aromatic heterocycles. The molecule has 128 valence electrons. The van der Waals surface area contributed by atoms with E-state index in [4.69, 9.17) is 9.26 Å². The van der Waals surface area contributed by atoms with Gasteiger partial charge in [0.05, 0.1) is 12.6 Å². The molecule has 0 saturated heterocycles. The summed E-state index contributed by atoms with van der Waals surface area (Å²) in [6.07, 6.45) is 1.50. The van der Waals surface area contributed by atoms with Gasteiger partial charge in [0.2, 0.25) is 17.6 Å². The van der Waals surface area contributed by atoms with E-state index in [0.29, 0.717) is 31.2 Å². The van der Waals surface area contributed by atoms with Gasteiger partial charge < -0.3 is 14.6 Å². The molecular weight excluding hydrogens is 338 g/mol. The third kappa shape index (κ3) is 3.56. The molecule has 4 rings (SSSR count). The van der Waals surface area contributed by atoms with Gasteiger partial charge in [0, 0.05) is 35.8 Å². The van der Waals surface area contributed by atoms with Crippen LogP contribution in [0.1, 0.15) is 30.3 Å². The van der Waals surface area contributed by atoms with Crippen molar-refractivity contribution in [3.8, 4) is 17.1 Å². The molecule has 1 aliphatic heterocycles. The van der Waals surface area contributed by atoms with Gasteiger partial charge >= 0.3 is 0 Å². The second-order valence-corrected chi connectivity index (χ2v) is 6.60. The number of nitrogens with zero attached hydrogens (tertiary/aromatic N) is 2. The minimum absolute atomic E-state index is 0.0125. The van der Waals surface area contributed by atoms with E-state index in [-0.39, 0.29) is 11.9 Å². The number of amides is 1. The zero-order valence-electron chi connectivity index (χ0n) is 13.5. The SMILES string of the molecule is O=C(CCc1nc(-c2ccsc2)no1)NC1CCOc2ccccc21. The van der Waals surface area contributed by atoms with Crippen LogP contribution in [0.4, 0.5) is 0 Å². The molecule has 0 radical (unpaired) electrons. The van der Waals surface area contributed by atoms with Gasteiger partial charge in [-0.3, -0.25) is 4.79 Å². The first-order valence-electron chi connectivity index (χ1n) is 8.16. The van der Waals surface area contributed by atoms with Crippen molar-refractivity contribution in [2.45, 2.75) is 25.3 Å². The van der Waals surface area contributed by atoms with E-state index in [9.17, 15) is 4.79 Å². The Labute approximate surface area is 148 Å². The van der Waals surface area contributed by atoms with Crippen LogP contribution in [0.15, 0.2) is 45.6 Å². The minimum atomic E-state index is -0.0306. The molecule has 0 saturated carbocycles. The lowest BCUT2D eigenvalue weighted by molar-refractivity contribution is -0.122. The van der Waals surface area contributed by atoms with Gasteiger partial charge in [0.25, 0.3) is 0 Å². The Morgan fingerprint density at radius 1 is 1.32 bits per heavy atom. The number of benzene rings is 1. The molecule has 0 bridgehead atoms. The van der Waals surface area contributed by atoms with Crippen LogP contribution < -0.4 is 10.1 Å². The highest BCUT2D eigenvalue weighted by Crippen LogP contribution is 2.31. The summed E-state index contributed by atoms with van der Waals surface area (Å²) in [4.78, 5) is 16.6. The lowest BCUT2D eigenvalue weighted by atomic mass is 10.0. The molecule has 1 aliphatic rings. The van der Waals surface area contributed by atoms with Crippen LogP contribution in [-0.4, -0.2) is 22.7 Å². The number of thiophene rings is 1. The second-order valence-electron chi connectivity index (χ2n) is 5.82. The summed E-state index contributed by atoms with van der Waals surface area (Å²) >= 11 is 1.58. The van der Waals surface area contributed by atoms with E-state index in [1.807, 2.05) is 41.1 Å². The Morgan fingerprint density at radius 2 is 2.24 bits per heavy atom. The van der Waals surface area contributed by atoms with Crippen LogP contribution in [0.2, 0.25) is 0 Å². The molecule has 1 aromatic carbocycles. The van der Waals surface area contributed by atoms with Crippen molar-refractivity contribution < 1.29 is 14.1 Å².